The van der Waals surface area contributed by atoms with Crippen molar-refractivity contribution in [2.75, 3.05) is 5.32 Å². The van der Waals surface area contributed by atoms with Crippen molar-refractivity contribution in [2.24, 2.45) is 0 Å². The average Bonchev–Trinajstić information content (AvgIpc) is 2.87. The first-order chi connectivity index (χ1) is 17.0. The third-order valence-electron chi connectivity index (χ3n) is 4.92. The van der Waals surface area contributed by atoms with E-state index in [0.717, 1.165) is 12.1 Å². The molecule has 8 nitrogen and oxygen atoms in total. The fraction of sp³-hybridized carbons (Fsp3) is 0.154. The van der Waals surface area contributed by atoms with E-state index in [1.165, 1.54) is 23.7 Å². The van der Waals surface area contributed by atoms with Crippen LogP contribution in [0.3, 0.4) is 0 Å². The van der Waals surface area contributed by atoms with Gasteiger partial charge in [0.15, 0.2) is 17.7 Å². The summed E-state index contributed by atoms with van der Waals surface area (Å²) in [5, 5.41) is 20.9. The van der Waals surface area contributed by atoms with E-state index in [2.05, 4.69) is 5.32 Å². The predicted molar refractivity (Wildman–Crippen MR) is 127 cm³/mol. The third-order valence-corrected chi connectivity index (χ3v) is 4.92. The second kappa shape index (κ2) is 12.8. The fourth-order valence-corrected chi connectivity index (χ4v) is 3.28. The second-order valence-electron chi connectivity index (χ2n) is 7.45. The molecule has 0 radical (unpaired) electrons. The van der Waals surface area contributed by atoms with Crippen molar-refractivity contribution < 1.29 is 33.8 Å². The number of rotatable bonds is 10. The van der Waals surface area contributed by atoms with E-state index < -0.39 is 35.8 Å². The second-order valence-corrected chi connectivity index (χ2v) is 7.45. The lowest BCUT2D eigenvalue weighted by Gasteiger charge is -2.28. The van der Waals surface area contributed by atoms with Gasteiger partial charge in [0.25, 0.3) is 5.91 Å². The van der Waals surface area contributed by atoms with Gasteiger partial charge in [-0.25, -0.2) is 14.7 Å². The van der Waals surface area contributed by atoms with Crippen molar-refractivity contribution >= 4 is 17.7 Å². The Kier molecular flexibility index (Phi) is 9.21. The number of hydrogen-bond acceptors (Lipinski definition) is 6. The van der Waals surface area contributed by atoms with Gasteiger partial charge >= 0.3 is 6.09 Å². The van der Waals surface area contributed by atoms with Crippen molar-refractivity contribution in [1.29, 1.82) is 0 Å². The molecule has 0 aliphatic heterocycles. The number of phenolic OH excluding ortho intramolecular Hbond substituents is 1. The Hall–Kier alpha value is -4.37. The third kappa shape index (κ3) is 7.86. The molecule has 0 heterocycles. The van der Waals surface area contributed by atoms with Gasteiger partial charge in [-0.15, -0.1) is 0 Å². The highest BCUT2D eigenvalue weighted by Gasteiger charge is 2.29. The topological polar surface area (TPSA) is 117 Å². The van der Waals surface area contributed by atoms with Crippen LogP contribution in [0.2, 0.25) is 0 Å². The predicted octanol–water partition coefficient (Wildman–Crippen LogP) is 5.11. The molecule has 2 amide bonds. The first-order valence-electron chi connectivity index (χ1n) is 10.8. The van der Waals surface area contributed by atoms with Crippen LogP contribution < -0.4 is 15.5 Å². The number of halogens is 1. The zero-order valence-corrected chi connectivity index (χ0v) is 18.6. The highest BCUT2D eigenvalue weighted by atomic mass is 19.1. The minimum absolute atomic E-state index is 0.260. The summed E-state index contributed by atoms with van der Waals surface area (Å²) in [4.78, 5) is 24.0. The summed E-state index contributed by atoms with van der Waals surface area (Å²) in [6.07, 6.45) is 0.579. The smallest absolute Gasteiger partial charge is 0.412 e. The average molecular weight is 480 g/mol. The number of allylic oxidation sites excluding steroid dienone is 1. The molecule has 4 N–H and O–H groups in total. The highest BCUT2D eigenvalue weighted by molar-refractivity contribution is 5.86. The van der Waals surface area contributed by atoms with E-state index >= 15 is 0 Å². The minimum Gasteiger partial charge on any atom is -0.505 e. The van der Waals surface area contributed by atoms with Gasteiger partial charge in [-0.2, -0.15) is 0 Å². The Morgan fingerprint density at radius 2 is 1.69 bits per heavy atom. The lowest BCUT2D eigenvalue weighted by Crippen LogP contribution is -2.31. The molecule has 3 aromatic rings. The van der Waals surface area contributed by atoms with E-state index in [1.807, 2.05) is 6.07 Å². The van der Waals surface area contributed by atoms with Gasteiger partial charge in [0, 0.05) is 11.8 Å². The summed E-state index contributed by atoms with van der Waals surface area (Å²) in [5.41, 5.74) is 2.27. The molecular weight excluding hydrogens is 455 g/mol. The normalized spacial score (nSPS) is 12.5. The molecule has 3 aromatic carbocycles. The Labute approximate surface area is 201 Å². The molecule has 0 saturated carbocycles. The monoisotopic (exact) mass is 480 g/mol. The molecule has 0 fully saturated rings. The standard InChI is InChI=1S/C26H25FN2O6/c27-21-17-18(15-16-22(21)30)25(35-26(32)28-19-9-3-1-4-10-19)23(13-7-8-14-24(31)29-33)34-20-11-5-2-6-12-20/h1-6,8-12,14-17,23,25,30,33H,7,13H2,(H,28,32)(H,29,31)/b14-8+/t23-,25-/m1/s1. The molecule has 9 heteroatoms. The van der Waals surface area contributed by atoms with Gasteiger partial charge in [-0.3, -0.25) is 15.3 Å². The summed E-state index contributed by atoms with van der Waals surface area (Å²) in [5.74, 6) is -1.62. The highest BCUT2D eigenvalue weighted by Crippen LogP contribution is 2.31. The molecule has 182 valence electrons. The van der Waals surface area contributed by atoms with Crippen LogP contribution in [0.4, 0.5) is 14.9 Å². The lowest BCUT2D eigenvalue weighted by molar-refractivity contribution is -0.124. The summed E-state index contributed by atoms with van der Waals surface area (Å²) in [6, 6.07) is 21.2. The maximum absolute atomic E-state index is 14.2. The molecule has 0 aromatic heterocycles. The largest absolute Gasteiger partial charge is 0.505 e. The quantitative estimate of drug-likeness (QED) is 0.182. The zero-order valence-electron chi connectivity index (χ0n) is 18.6. The first-order valence-corrected chi connectivity index (χ1v) is 10.8. The zero-order chi connectivity index (χ0) is 25.0. The maximum atomic E-state index is 14.2. The Bertz CT molecular complexity index is 1140. The molecule has 35 heavy (non-hydrogen) atoms. The number of hydroxylamine groups is 1. The summed E-state index contributed by atoms with van der Waals surface area (Å²) in [7, 11) is 0. The van der Waals surface area contributed by atoms with Gasteiger partial charge in [-0.1, -0.05) is 48.5 Å². The van der Waals surface area contributed by atoms with Crippen molar-refractivity contribution in [3.63, 3.8) is 0 Å². The lowest BCUT2D eigenvalue weighted by atomic mass is 9.99. The maximum Gasteiger partial charge on any atom is 0.412 e. The van der Waals surface area contributed by atoms with Gasteiger partial charge in [0.2, 0.25) is 0 Å². The van der Waals surface area contributed by atoms with E-state index in [-0.39, 0.29) is 12.0 Å². The van der Waals surface area contributed by atoms with Crippen LogP contribution in [0.5, 0.6) is 11.5 Å². The van der Waals surface area contributed by atoms with Crippen molar-refractivity contribution in [3.8, 4) is 11.5 Å². The van der Waals surface area contributed by atoms with Gasteiger partial charge in [-0.05, 0) is 54.8 Å². The number of carbonyl (C=O) groups is 2. The van der Waals surface area contributed by atoms with Crippen molar-refractivity contribution in [1.82, 2.24) is 5.48 Å². The van der Waals surface area contributed by atoms with Gasteiger partial charge < -0.3 is 14.6 Å². The van der Waals surface area contributed by atoms with Crippen LogP contribution in [-0.2, 0) is 9.53 Å². The Morgan fingerprint density at radius 3 is 2.34 bits per heavy atom. The van der Waals surface area contributed by atoms with E-state index in [4.69, 9.17) is 14.7 Å². The van der Waals surface area contributed by atoms with Crippen LogP contribution >= 0.6 is 0 Å². The Morgan fingerprint density at radius 1 is 1.00 bits per heavy atom. The number of hydrogen-bond donors (Lipinski definition) is 4. The number of ether oxygens (including phenoxy) is 2. The van der Waals surface area contributed by atoms with Crippen LogP contribution in [0.15, 0.2) is 91.0 Å². The minimum atomic E-state index is -1.07. The molecule has 2 atom stereocenters. The van der Waals surface area contributed by atoms with Crippen LogP contribution in [-0.4, -0.2) is 28.4 Å². The molecule has 0 spiro atoms. The molecule has 3 rings (SSSR count). The molecule has 0 bridgehead atoms. The SMILES string of the molecule is O=C(/C=C/CC[C@@H](Oc1ccccc1)[C@H](OC(=O)Nc1ccccc1)c1ccc(O)c(F)c1)NO. The molecule has 0 unspecified atom stereocenters. The molecule has 0 saturated heterocycles. The number of benzene rings is 3. The van der Waals surface area contributed by atoms with E-state index in [9.17, 15) is 19.1 Å². The fourth-order valence-electron chi connectivity index (χ4n) is 3.28. The van der Waals surface area contributed by atoms with Crippen molar-refractivity contribution in [3.05, 3.63) is 102 Å². The van der Waals surface area contributed by atoms with Crippen LogP contribution in [0, 0.1) is 5.82 Å². The molecule has 0 aliphatic carbocycles. The summed E-state index contributed by atoms with van der Waals surface area (Å²) in [6.45, 7) is 0. The number of anilines is 1. The molecular formula is C26H25FN2O6. The van der Waals surface area contributed by atoms with Crippen LogP contribution in [0.1, 0.15) is 24.5 Å². The Balaban J connectivity index is 1.89. The molecule has 0 aliphatic rings. The van der Waals surface area contributed by atoms with Gasteiger partial charge in [0.05, 0.1) is 0 Å². The van der Waals surface area contributed by atoms with E-state index in [1.54, 1.807) is 54.6 Å². The number of nitrogens with one attached hydrogen (secondary N) is 2. The number of aromatic hydroxyl groups is 1. The van der Waals surface area contributed by atoms with Crippen molar-refractivity contribution in [2.45, 2.75) is 25.0 Å². The van der Waals surface area contributed by atoms with Crippen LogP contribution in [0.25, 0.3) is 0 Å². The van der Waals surface area contributed by atoms with Gasteiger partial charge in [0.1, 0.15) is 11.9 Å². The summed E-state index contributed by atoms with van der Waals surface area (Å²) >= 11 is 0. The summed E-state index contributed by atoms with van der Waals surface area (Å²) < 4.78 is 26.0. The number of carbonyl (C=O) groups excluding carboxylic acids is 2. The number of para-hydroxylation sites is 2. The first kappa shape index (κ1) is 25.3. The van der Waals surface area contributed by atoms with E-state index in [0.29, 0.717) is 17.9 Å². The number of amides is 2. The number of phenols is 1.